The van der Waals surface area contributed by atoms with Gasteiger partial charge < -0.3 is 14.7 Å². The summed E-state index contributed by atoms with van der Waals surface area (Å²) in [6.07, 6.45) is 3.96. The number of anilines is 1. The van der Waals surface area contributed by atoms with Crippen LogP contribution in [0.3, 0.4) is 0 Å². The summed E-state index contributed by atoms with van der Waals surface area (Å²) in [4.78, 5) is 34.7. The molecule has 2 heterocycles. The van der Waals surface area contributed by atoms with Crippen LogP contribution in [0.4, 0.5) is 5.82 Å². The van der Waals surface area contributed by atoms with Gasteiger partial charge in [-0.15, -0.1) is 0 Å². The van der Waals surface area contributed by atoms with Crippen molar-refractivity contribution >= 4 is 17.6 Å². The first-order valence-electron chi connectivity index (χ1n) is 8.31. The van der Waals surface area contributed by atoms with Gasteiger partial charge >= 0.3 is 0 Å². The van der Waals surface area contributed by atoms with Crippen molar-refractivity contribution in [3.63, 3.8) is 0 Å². The van der Waals surface area contributed by atoms with Crippen molar-refractivity contribution in [2.75, 3.05) is 44.7 Å². The number of aromatic nitrogens is 1. The minimum absolute atomic E-state index is 0.0301. The van der Waals surface area contributed by atoms with Crippen molar-refractivity contribution in [3.8, 4) is 0 Å². The van der Waals surface area contributed by atoms with E-state index in [1.165, 1.54) is 4.90 Å². The monoisotopic (exact) mass is 318 g/mol. The molecular formula is C17H26N4O2. The molecule has 1 saturated heterocycles. The summed E-state index contributed by atoms with van der Waals surface area (Å²) >= 11 is 0. The van der Waals surface area contributed by atoms with Crippen molar-refractivity contribution < 1.29 is 9.59 Å². The first-order chi connectivity index (χ1) is 11.1. The lowest BCUT2D eigenvalue weighted by Gasteiger charge is -2.25. The third kappa shape index (κ3) is 4.00. The molecule has 0 bridgehead atoms. The second kappa shape index (κ2) is 7.94. The molecule has 23 heavy (non-hydrogen) atoms. The first kappa shape index (κ1) is 17.2. The van der Waals surface area contributed by atoms with Crippen molar-refractivity contribution in [1.82, 2.24) is 14.8 Å². The summed E-state index contributed by atoms with van der Waals surface area (Å²) in [5.74, 6) is 0.551. The number of likely N-dealkylation sites (N-methyl/N-ethyl adjacent to an activating group) is 2. The standard InChI is InChI=1S/C17H26N4O2/c1-4-20(5-2)15(22)13-19(3)17(23)14-9-8-10-18-16(14)21-11-6-7-12-21/h8-10H,4-7,11-13H2,1-3H3. The molecule has 0 aliphatic carbocycles. The highest BCUT2D eigenvalue weighted by Crippen LogP contribution is 2.22. The van der Waals surface area contributed by atoms with Gasteiger partial charge in [0.1, 0.15) is 5.82 Å². The van der Waals surface area contributed by atoms with E-state index < -0.39 is 0 Å². The topological polar surface area (TPSA) is 56.8 Å². The number of pyridine rings is 1. The molecule has 0 aromatic carbocycles. The lowest BCUT2D eigenvalue weighted by molar-refractivity contribution is -0.131. The Morgan fingerprint density at radius 1 is 1.22 bits per heavy atom. The molecule has 0 unspecified atom stereocenters. The molecular weight excluding hydrogens is 292 g/mol. The highest BCUT2D eigenvalue weighted by molar-refractivity contribution is 6.00. The lowest BCUT2D eigenvalue weighted by atomic mass is 10.2. The number of hydrogen-bond donors (Lipinski definition) is 0. The number of rotatable bonds is 6. The zero-order valence-electron chi connectivity index (χ0n) is 14.3. The van der Waals surface area contributed by atoms with Gasteiger partial charge in [0.15, 0.2) is 0 Å². The summed E-state index contributed by atoms with van der Waals surface area (Å²) in [6, 6.07) is 3.56. The molecule has 2 amide bonds. The van der Waals surface area contributed by atoms with Crippen LogP contribution in [0.15, 0.2) is 18.3 Å². The van der Waals surface area contributed by atoms with Crippen LogP contribution in [0, 0.1) is 0 Å². The molecule has 0 spiro atoms. The lowest BCUT2D eigenvalue weighted by Crippen LogP contribution is -2.41. The normalized spacial score (nSPS) is 14.0. The summed E-state index contributed by atoms with van der Waals surface area (Å²) in [6.45, 7) is 7.14. The number of hydrogen-bond acceptors (Lipinski definition) is 4. The van der Waals surface area contributed by atoms with E-state index in [1.54, 1.807) is 30.3 Å². The van der Waals surface area contributed by atoms with Crippen molar-refractivity contribution in [2.24, 2.45) is 0 Å². The van der Waals surface area contributed by atoms with E-state index in [9.17, 15) is 9.59 Å². The molecule has 6 heteroatoms. The zero-order valence-corrected chi connectivity index (χ0v) is 14.3. The van der Waals surface area contributed by atoms with Crippen LogP contribution in [0.1, 0.15) is 37.0 Å². The van der Waals surface area contributed by atoms with E-state index in [2.05, 4.69) is 9.88 Å². The second-order valence-electron chi connectivity index (χ2n) is 5.80. The minimum Gasteiger partial charge on any atom is -0.356 e. The molecule has 1 aliphatic rings. The maximum atomic E-state index is 12.7. The third-order valence-corrected chi connectivity index (χ3v) is 4.26. The molecule has 1 aromatic rings. The van der Waals surface area contributed by atoms with Gasteiger partial charge in [-0.3, -0.25) is 9.59 Å². The van der Waals surface area contributed by atoms with Gasteiger partial charge in [0.05, 0.1) is 12.1 Å². The molecule has 6 nitrogen and oxygen atoms in total. The molecule has 0 N–H and O–H groups in total. The fraction of sp³-hybridized carbons (Fsp3) is 0.588. The number of nitrogens with zero attached hydrogens (tertiary/aromatic N) is 4. The summed E-state index contributed by atoms with van der Waals surface area (Å²) < 4.78 is 0. The molecule has 1 aromatic heterocycles. The molecule has 1 fully saturated rings. The predicted molar refractivity (Wildman–Crippen MR) is 90.6 cm³/mol. The van der Waals surface area contributed by atoms with Gasteiger partial charge in [0.25, 0.3) is 5.91 Å². The van der Waals surface area contributed by atoms with Crippen molar-refractivity contribution in [3.05, 3.63) is 23.9 Å². The van der Waals surface area contributed by atoms with Crippen LogP contribution in [-0.4, -0.2) is 66.4 Å². The molecule has 1 aliphatic heterocycles. The van der Waals surface area contributed by atoms with Crippen LogP contribution < -0.4 is 4.90 Å². The van der Waals surface area contributed by atoms with Gasteiger partial charge in [-0.2, -0.15) is 0 Å². The second-order valence-corrected chi connectivity index (χ2v) is 5.80. The van der Waals surface area contributed by atoms with Crippen LogP contribution in [0.5, 0.6) is 0 Å². The molecule has 0 atom stereocenters. The van der Waals surface area contributed by atoms with Crippen molar-refractivity contribution in [2.45, 2.75) is 26.7 Å². The molecule has 0 saturated carbocycles. The minimum atomic E-state index is -0.152. The average molecular weight is 318 g/mol. The number of carbonyl (C=O) groups excluding carboxylic acids is 2. The van der Waals surface area contributed by atoms with Crippen molar-refractivity contribution in [1.29, 1.82) is 0 Å². The fourth-order valence-corrected chi connectivity index (χ4v) is 2.90. The van der Waals surface area contributed by atoms with Gasteiger partial charge in [0, 0.05) is 39.4 Å². The molecule has 126 valence electrons. The highest BCUT2D eigenvalue weighted by Gasteiger charge is 2.24. The Morgan fingerprint density at radius 3 is 2.48 bits per heavy atom. The van der Waals surface area contributed by atoms with Gasteiger partial charge in [-0.1, -0.05) is 0 Å². The van der Waals surface area contributed by atoms with E-state index in [-0.39, 0.29) is 18.4 Å². The maximum Gasteiger partial charge on any atom is 0.257 e. The molecule has 0 radical (unpaired) electrons. The Hall–Kier alpha value is -2.11. The Labute approximate surface area is 138 Å². The maximum absolute atomic E-state index is 12.7. The highest BCUT2D eigenvalue weighted by atomic mass is 16.2. The van der Waals surface area contributed by atoms with Gasteiger partial charge in [0.2, 0.25) is 5.91 Å². The Kier molecular flexibility index (Phi) is 5.96. The Morgan fingerprint density at radius 2 is 1.87 bits per heavy atom. The summed E-state index contributed by atoms with van der Waals surface area (Å²) in [5.41, 5.74) is 0.573. The smallest absolute Gasteiger partial charge is 0.257 e. The van der Waals surface area contributed by atoms with E-state index >= 15 is 0 Å². The van der Waals surface area contributed by atoms with Gasteiger partial charge in [-0.25, -0.2) is 4.98 Å². The predicted octanol–water partition coefficient (Wildman–Crippen LogP) is 1.62. The van der Waals surface area contributed by atoms with Crippen LogP contribution >= 0.6 is 0 Å². The number of amides is 2. The average Bonchev–Trinajstić information content (AvgIpc) is 3.09. The quantitative estimate of drug-likeness (QED) is 0.800. The Bertz CT molecular complexity index is 551. The first-order valence-corrected chi connectivity index (χ1v) is 8.31. The van der Waals surface area contributed by atoms with E-state index in [1.807, 2.05) is 13.8 Å². The van der Waals surface area contributed by atoms with E-state index in [0.717, 1.165) is 31.7 Å². The fourth-order valence-electron chi connectivity index (χ4n) is 2.90. The van der Waals surface area contributed by atoms with Crippen LogP contribution in [0.2, 0.25) is 0 Å². The van der Waals surface area contributed by atoms with Gasteiger partial charge in [-0.05, 0) is 38.8 Å². The van der Waals surface area contributed by atoms with Crippen LogP contribution in [0.25, 0.3) is 0 Å². The zero-order chi connectivity index (χ0) is 16.8. The van der Waals surface area contributed by atoms with E-state index in [4.69, 9.17) is 0 Å². The SMILES string of the molecule is CCN(CC)C(=O)CN(C)C(=O)c1cccnc1N1CCCC1. The van der Waals surface area contributed by atoms with Crippen LogP contribution in [-0.2, 0) is 4.79 Å². The third-order valence-electron chi connectivity index (χ3n) is 4.26. The summed E-state index contributed by atoms with van der Waals surface area (Å²) in [7, 11) is 1.67. The number of carbonyl (C=O) groups is 2. The largest absolute Gasteiger partial charge is 0.356 e. The Balaban J connectivity index is 2.12. The summed E-state index contributed by atoms with van der Waals surface area (Å²) in [5, 5.41) is 0. The molecule has 2 rings (SSSR count). The van der Waals surface area contributed by atoms with E-state index in [0.29, 0.717) is 18.7 Å².